The van der Waals surface area contributed by atoms with E-state index in [1.807, 2.05) is 42.5 Å². The Balaban J connectivity index is 1.44. The summed E-state index contributed by atoms with van der Waals surface area (Å²) in [5, 5.41) is 28.6. The van der Waals surface area contributed by atoms with E-state index in [2.05, 4.69) is 45.2 Å². The van der Waals surface area contributed by atoms with Crippen molar-refractivity contribution in [3.8, 4) is 11.4 Å². The molecule has 1 amide bonds. The van der Waals surface area contributed by atoms with Crippen LogP contribution in [0.2, 0.25) is 0 Å². The maximum atomic E-state index is 13.8. The van der Waals surface area contributed by atoms with E-state index in [4.69, 9.17) is 0 Å². The van der Waals surface area contributed by atoms with Gasteiger partial charge in [0.2, 0.25) is 5.91 Å². The second kappa shape index (κ2) is 13.0. The molecule has 3 aromatic carbocycles. The average Bonchev–Trinajstić information content (AvgIpc) is 3.36. The van der Waals surface area contributed by atoms with E-state index >= 15 is 0 Å². The average molecular weight is 521 g/mol. The molecule has 2 atom stereocenters. The highest BCUT2D eigenvalue weighted by molar-refractivity contribution is 5.76. The molecule has 1 heterocycles. The van der Waals surface area contributed by atoms with Gasteiger partial charge in [-0.25, -0.2) is 13.5 Å². The summed E-state index contributed by atoms with van der Waals surface area (Å²) in [7, 11) is 0. The number of aromatic nitrogens is 4. The normalized spacial score (nSPS) is 12.7. The summed E-state index contributed by atoms with van der Waals surface area (Å²) in [5.41, 5.74) is 3.33. The van der Waals surface area contributed by atoms with Crippen molar-refractivity contribution >= 4 is 5.91 Å². The number of hydrogen-bond donors (Lipinski definition) is 3. The second-order valence-corrected chi connectivity index (χ2v) is 9.05. The topological polar surface area (TPSA) is 105 Å². The van der Waals surface area contributed by atoms with Crippen LogP contribution in [0.1, 0.15) is 23.6 Å². The summed E-state index contributed by atoms with van der Waals surface area (Å²) in [5.74, 6) is -1.49. The Morgan fingerprint density at radius 2 is 1.71 bits per heavy atom. The van der Waals surface area contributed by atoms with E-state index in [0.29, 0.717) is 17.9 Å². The number of nitrogens with one attached hydrogen (secondary N) is 2. The van der Waals surface area contributed by atoms with Gasteiger partial charge < -0.3 is 15.7 Å². The third kappa shape index (κ3) is 7.50. The Hall–Kier alpha value is -4.02. The van der Waals surface area contributed by atoms with Gasteiger partial charge in [-0.3, -0.25) is 4.79 Å². The molecule has 0 bridgehead atoms. The molecule has 0 unspecified atom stereocenters. The minimum Gasteiger partial charge on any atom is -0.390 e. The molecule has 0 radical (unpaired) electrons. The molecular formula is C28H30F2N6O2. The number of tetrazole rings is 1. The second-order valence-electron chi connectivity index (χ2n) is 9.05. The third-order valence-corrected chi connectivity index (χ3v) is 6.13. The minimum absolute atomic E-state index is 0.0235. The number of benzene rings is 3. The number of amides is 1. The number of aliphatic hydroxyl groups excluding tert-OH is 1. The monoisotopic (exact) mass is 520 g/mol. The first-order valence-corrected chi connectivity index (χ1v) is 12.4. The van der Waals surface area contributed by atoms with Crippen LogP contribution in [0, 0.1) is 11.6 Å². The van der Waals surface area contributed by atoms with Gasteiger partial charge in [-0.1, -0.05) is 61.5 Å². The van der Waals surface area contributed by atoms with Crippen molar-refractivity contribution in [3.05, 3.63) is 101 Å². The number of nitrogens with zero attached hydrogens (tertiary/aromatic N) is 4. The molecule has 3 N–H and O–H groups in total. The summed E-state index contributed by atoms with van der Waals surface area (Å²) < 4.78 is 29.0. The van der Waals surface area contributed by atoms with E-state index < -0.39 is 29.7 Å². The molecule has 4 rings (SSSR count). The lowest BCUT2D eigenvalue weighted by atomic mass is 10.0. The van der Waals surface area contributed by atoms with Crippen molar-refractivity contribution in [2.45, 2.75) is 45.0 Å². The van der Waals surface area contributed by atoms with Crippen LogP contribution in [-0.4, -0.2) is 49.9 Å². The first kappa shape index (κ1) is 27.0. The van der Waals surface area contributed by atoms with E-state index in [-0.39, 0.29) is 19.5 Å². The van der Waals surface area contributed by atoms with Gasteiger partial charge in [0.1, 0.15) is 18.2 Å². The number of carbonyl (C=O) groups excluding carboxylic acids is 1. The zero-order valence-electron chi connectivity index (χ0n) is 21.0. The molecule has 0 saturated carbocycles. The Bertz CT molecular complexity index is 1330. The van der Waals surface area contributed by atoms with Crippen LogP contribution in [0.5, 0.6) is 0 Å². The predicted octanol–water partition coefficient (Wildman–Crippen LogP) is 3.06. The Morgan fingerprint density at radius 3 is 2.45 bits per heavy atom. The fourth-order valence-electron chi connectivity index (χ4n) is 4.23. The van der Waals surface area contributed by atoms with Gasteiger partial charge in [0.15, 0.2) is 5.82 Å². The van der Waals surface area contributed by atoms with Crippen LogP contribution in [0.15, 0.2) is 72.8 Å². The lowest BCUT2D eigenvalue weighted by Crippen LogP contribution is -2.49. The molecule has 0 spiro atoms. The van der Waals surface area contributed by atoms with E-state index in [9.17, 15) is 18.7 Å². The van der Waals surface area contributed by atoms with Crippen LogP contribution >= 0.6 is 0 Å². The maximum absolute atomic E-state index is 13.8. The highest BCUT2D eigenvalue weighted by Crippen LogP contribution is 2.15. The van der Waals surface area contributed by atoms with Crippen molar-refractivity contribution in [2.75, 3.05) is 6.54 Å². The Morgan fingerprint density at radius 1 is 0.974 bits per heavy atom. The van der Waals surface area contributed by atoms with Crippen molar-refractivity contribution in [1.82, 2.24) is 30.8 Å². The van der Waals surface area contributed by atoms with E-state index in [0.717, 1.165) is 23.6 Å². The van der Waals surface area contributed by atoms with Crippen molar-refractivity contribution in [2.24, 2.45) is 0 Å². The lowest BCUT2D eigenvalue weighted by Gasteiger charge is -2.25. The zero-order chi connectivity index (χ0) is 26.9. The first-order valence-electron chi connectivity index (χ1n) is 12.4. The summed E-state index contributed by atoms with van der Waals surface area (Å²) in [6.07, 6.45) is -0.0975. The Kier molecular flexibility index (Phi) is 9.23. The SMILES string of the molecule is CCc1cccc(CNC[C@H](O)[C@H](Cc2cc(F)cc(F)c2)NC(=O)Cn2nnnc2-c2ccccc2)c1. The summed E-state index contributed by atoms with van der Waals surface area (Å²) in [6, 6.07) is 19.6. The molecular weight excluding hydrogens is 490 g/mol. The highest BCUT2D eigenvalue weighted by Gasteiger charge is 2.23. The van der Waals surface area contributed by atoms with Gasteiger partial charge in [-0.05, 0) is 52.1 Å². The zero-order valence-corrected chi connectivity index (χ0v) is 21.0. The smallest absolute Gasteiger partial charge is 0.242 e. The number of aryl methyl sites for hydroxylation is 1. The quantitative estimate of drug-likeness (QED) is 0.265. The van der Waals surface area contributed by atoms with Crippen LogP contribution in [0.4, 0.5) is 8.78 Å². The molecule has 38 heavy (non-hydrogen) atoms. The van der Waals surface area contributed by atoms with Gasteiger partial charge in [-0.2, -0.15) is 0 Å². The van der Waals surface area contributed by atoms with Gasteiger partial charge >= 0.3 is 0 Å². The standard InChI is InChI=1S/C28H30F2N6O2/c1-2-19-7-6-8-20(11-19)16-31-17-26(37)25(14-21-12-23(29)15-24(30)13-21)32-27(38)18-36-28(33-34-35-36)22-9-4-3-5-10-22/h3-13,15,25-26,31,37H,2,14,16-18H2,1H3,(H,32,38)/t25-,26-/m0/s1. The van der Waals surface area contributed by atoms with Crippen LogP contribution < -0.4 is 10.6 Å². The number of hydrogen-bond acceptors (Lipinski definition) is 6. The molecule has 0 aliphatic rings. The number of rotatable bonds is 12. The minimum atomic E-state index is -1.04. The van der Waals surface area contributed by atoms with Crippen LogP contribution in [0.3, 0.4) is 0 Å². The van der Waals surface area contributed by atoms with Crippen molar-refractivity contribution in [3.63, 3.8) is 0 Å². The molecule has 4 aromatic rings. The maximum Gasteiger partial charge on any atom is 0.242 e. The van der Waals surface area contributed by atoms with Gasteiger partial charge in [0.05, 0.1) is 12.1 Å². The van der Waals surface area contributed by atoms with Crippen LogP contribution in [-0.2, 0) is 30.7 Å². The van der Waals surface area contributed by atoms with Gasteiger partial charge in [0.25, 0.3) is 0 Å². The van der Waals surface area contributed by atoms with Crippen molar-refractivity contribution < 1.29 is 18.7 Å². The first-order chi connectivity index (χ1) is 18.4. The number of carbonyl (C=O) groups is 1. The molecule has 8 nitrogen and oxygen atoms in total. The largest absolute Gasteiger partial charge is 0.390 e. The van der Waals surface area contributed by atoms with Gasteiger partial charge in [0, 0.05) is 24.7 Å². The predicted molar refractivity (Wildman–Crippen MR) is 139 cm³/mol. The molecule has 0 saturated heterocycles. The van der Waals surface area contributed by atoms with Crippen LogP contribution in [0.25, 0.3) is 11.4 Å². The summed E-state index contributed by atoms with van der Waals surface area (Å²) in [6.45, 7) is 2.55. The lowest BCUT2D eigenvalue weighted by molar-refractivity contribution is -0.123. The fraction of sp³-hybridized carbons (Fsp3) is 0.286. The summed E-state index contributed by atoms with van der Waals surface area (Å²) in [4.78, 5) is 13.0. The molecule has 0 aliphatic carbocycles. The highest BCUT2D eigenvalue weighted by atomic mass is 19.1. The molecule has 198 valence electrons. The molecule has 0 fully saturated rings. The van der Waals surface area contributed by atoms with Crippen molar-refractivity contribution in [1.29, 1.82) is 0 Å². The molecule has 1 aromatic heterocycles. The number of aliphatic hydroxyl groups is 1. The Labute approximate surface area is 219 Å². The van der Waals surface area contributed by atoms with E-state index in [1.165, 1.54) is 22.4 Å². The summed E-state index contributed by atoms with van der Waals surface area (Å²) >= 11 is 0. The van der Waals surface area contributed by atoms with E-state index in [1.54, 1.807) is 0 Å². The third-order valence-electron chi connectivity index (χ3n) is 6.13. The number of halogens is 2. The molecule has 0 aliphatic heterocycles. The molecule has 10 heteroatoms. The fourth-order valence-corrected chi connectivity index (χ4v) is 4.23. The van der Waals surface area contributed by atoms with Gasteiger partial charge in [-0.15, -0.1) is 5.10 Å².